The molecule has 0 aliphatic carbocycles. The number of rotatable bonds is 7. The molecule has 126 valence electrons. The van der Waals surface area contributed by atoms with Crippen molar-refractivity contribution in [2.75, 3.05) is 20.8 Å². The highest BCUT2D eigenvalue weighted by Gasteiger charge is 2.27. The third-order valence-corrected chi connectivity index (χ3v) is 3.73. The smallest absolute Gasteiger partial charge is 0.305 e. The Morgan fingerprint density at radius 3 is 2.65 bits per heavy atom. The van der Waals surface area contributed by atoms with E-state index in [0.29, 0.717) is 30.1 Å². The van der Waals surface area contributed by atoms with Crippen molar-refractivity contribution < 1.29 is 28.9 Å². The van der Waals surface area contributed by atoms with Gasteiger partial charge in [-0.2, -0.15) is 0 Å². The van der Waals surface area contributed by atoms with E-state index < -0.39 is 18.1 Å². The molecule has 0 aromatic heterocycles. The van der Waals surface area contributed by atoms with Crippen LogP contribution in [0.2, 0.25) is 0 Å². The second-order valence-corrected chi connectivity index (χ2v) is 5.28. The molecule has 1 aliphatic heterocycles. The van der Waals surface area contributed by atoms with E-state index in [0.717, 1.165) is 6.42 Å². The molecule has 1 fully saturated rings. The van der Waals surface area contributed by atoms with Gasteiger partial charge in [0.15, 0.2) is 11.5 Å². The van der Waals surface area contributed by atoms with Crippen LogP contribution < -0.4 is 14.8 Å². The number of carboxylic acid groups (broad SMARTS) is 1. The molecule has 0 saturated carbocycles. The Labute approximate surface area is 134 Å². The van der Waals surface area contributed by atoms with Crippen molar-refractivity contribution >= 4 is 11.9 Å². The molecule has 2 rings (SSSR count). The number of carbonyl (C=O) groups is 2. The lowest BCUT2D eigenvalue weighted by atomic mass is 10.0. The minimum atomic E-state index is -1.00. The fraction of sp³-hybridized carbons (Fsp3) is 0.500. The van der Waals surface area contributed by atoms with E-state index in [1.165, 1.54) is 14.2 Å². The Morgan fingerprint density at radius 2 is 2.09 bits per heavy atom. The van der Waals surface area contributed by atoms with Gasteiger partial charge in [-0.05, 0) is 30.5 Å². The van der Waals surface area contributed by atoms with Gasteiger partial charge in [-0.3, -0.25) is 9.59 Å². The SMILES string of the molecule is COc1ccc([C@@H](CC(=O)O)NC(=O)[C@@H]2CCCO2)cc1OC. The highest BCUT2D eigenvalue weighted by molar-refractivity contribution is 5.82. The second-order valence-electron chi connectivity index (χ2n) is 5.28. The van der Waals surface area contributed by atoms with Crippen molar-refractivity contribution in [2.24, 2.45) is 0 Å². The average Bonchev–Trinajstić information content (AvgIpc) is 3.07. The maximum absolute atomic E-state index is 12.2. The van der Waals surface area contributed by atoms with Crippen LogP contribution >= 0.6 is 0 Å². The van der Waals surface area contributed by atoms with Crippen LogP contribution in [0.5, 0.6) is 11.5 Å². The van der Waals surface area contributed by atoms with E-state index in [1.54, 1.807) is 18.2 Å². The molecule has 2 N–H and O–H groups in total. The van der Waals surface area contributed by atoms with Gasteiger partial charge in [-0.15, -0.1) is 0 Å². The molecule has 1 heterocycles. The van der Waals surface area contributed by atoms with Gasteiger partial charge in [0.05, 0.1) is 26.7 Å². The van der Waals surface area contributed by atoms with Crippen LogP contribution in [0.1, 0.15) is 30.9 Å². The number of aliphatic carboxylic acids is 1. The zero-order valence-electron chi connectivity index (χ0n) is 13.2. The molecule has 2 atom stereocenters. The van der Waals surface area contributed by atoms with E-state index in [1.807, 2.05) is 0 Å². The minimum Gasteiger partial charge on any atom is -0.493 e. The predicted octanol–water partition coefficient (Wildman–Crippen LogP) is 1.51. The lowest BCUT2D eigenvalue weighted by Gasteiger charge is -2.20. The van der Waals surface area contributed by atoms with Crippen molar-refractivity contribution in [2.45, 2.75) is 31.4 Å². The van der Waals surface area contributed by atoms with Crippen molar-refractivity contribution in [3.05, 3.63) is 23.8 Å². The van der Waals surface area contributed by atoms with E-state index in [9.17, 15) is 9.59 Å². The monoisotopic (exact) mass is 323 g/mol. The first-order valence-electron chi connectivity index (χ1n) is 7.41. The highest BCUT2D eigenvalue weighted by atomic mass is 16.5. The number of carbonyl (C=O) groups excluding carboxylic acids is 1. The molecular weight excluding hydrogens is 302 g/mol. The number of amides is 1. The summed E-state index contributed by atoms with van der Waals surface area (Å²) in [4.78, 5) is 23.3. The molecule has 0 spiro atoms. The van der Waals surface area contributed by atoms with E-state index in [2.05, 4.69) is 5.32 Å². The number of nitrogens with one attached hydrogen (secondary N) is 1. The summed E-state index contributed by atoms with van der Waals surface area (Å²) in [5.41, 5.74) is 0.636. The van der Waals surface area contributed by atoms with Gasteiger partial charge < -0.3 is 24.6 Å². The number of ether oxygens (including phenoxy) is 3. The Kier molecular flexibility index (Phi) is 5.81. The zero-order chi connectivity index (χ0) is 16.8. The number of benzene rings is 1. The van der Waals surface area contributed by atoms with E-state index in [-0.39, 0.29) is 12.3 Å². The van der Waals surface area contributed by atoms with Crippen molar-refractivity contribution in [1.29, 1.82) is 0 Å². The lowest BCUT2D eigenvalue weighted by Crippen LogP contribution is -2.37. The summed E-state index contributed by atoms with van der Waals surface area (Å²) in [5.74, 6) is -0.275. The molecule has 1 amide bonds. The zero-order valence-corrected chi connectivity index (χ0v) is 13.2. The summed E-state index contributed by atoms with van der Waals surface area (Å²) in [6.45, 7) is 0.554. The van der Waals surface area contributed by atoms with Gasteiger partial charge in [-0.1, -0.05) is 6.07 Å². The number of carboxylic acids is 1. The van der Waals surface area contributed by atoms with E-state index >= 15 is 0 Å². The molecule has 7 nitrogen and oxygen atoms in total. The minimum absolute atomic E-state index is 0.228. The summed E-state index contributed by atoms with van der Waals surface area (Å²) in [6.07, 6.45) is 0.746. The Morgan fingerprint density at radius 1 is 1.35 bits per heavy atom. The number of hydrogen-bond donors (Lipinski definition) is 2. The summed E-state index contributed by atoms with van der Waals surface area (Å²) in [5, 5.41) is 11.9. The molecule has 1 aromatic rings. The van der Waals surface area contributed by atoms with Crippen molar-refractivity contribution in [3.63, 3.8) is 0 Å². The third-order valence-electron chi connectivity index (χ3n) is 3.73. The fourth-order valence-corrected chi connectivity index (χ4v) is 2.55. The molecule has 0 radical (unpaired) electrons. The third kappa shape index (κ3) is 4.35. The maximum Gasteiger partial charge on any atom is 0.305 e. The van der Waals surface area contributed by atoms with Crippen LogP contribution in [0.4, 0.5) is 0 Å². The maximum atomic E-state index is 12.2. The van der Waals surface area contributed by atoms with Gasteiger partial charge in [0.1, 0.15) is 6.10 Å². The van der Waals surface area contributed by atoms with Crippen molar-refractivity contribution in [3.8, 4) is 11.5 Å². The van der Waals surface area contributed by atoms with Gasteiger partial charge >= 0.3 is 5.97 Å². The molecule has 0 unspecified atom stereocenters. The number of hydrogen-bond acceptors (Lipinski definition) is 5. The summed E-state index contributed by atoms with van der Waals surface area (Å²) < 4.78 is 15.7. The van der Waals surface area contributed by atoms with Gasteiger partial charge in [0.2, 0.25) is 5.91 Å². The van der Waals surface area contributed by atoms with E-state index in [4.69, 9.17) is 19.3 Å². The summed E-state index contributed by atoms with van der Waals surface area (Å²) in [7, 11) is 3.02. The van der Waals surface area contributed by atoms with Crippen LogP contribution in [0.25, 0.3) is 0 Å². The van der Waals surface area contributed by atoms with Gasteiger partial charge in [0.25, 0.3) is 0 Å². The normalized spacial score (nSPS) is 18.3. The standard InChI is InChI=1S/C16H21NO6/c1-21-12-6-5-10(8-14(12)22-2)11(9-15(18)19)17-16(20)13-4-3-7-23-13/h5-6,8,11,13H,3-4,7,9H2,1-2H3,(H,17,20)(H,18,19)/t11-,13+/m1/s1. The van der Waals surface area contributed by atoms with Crippen LogP contribution in [0.15, 0.2) is 18.2 Å². The number of methoxy groups -OCH3 is 2. The first kappa shape index (κ1) is 17.1. The molecule has 1 aromatic carbocycles. The predicted molar refractivity (Wildman–Crippen MR) is 81.7 cm³/mol. The molecule has 23 heavy (non-hydrogen) atoms. The second kappa shape index (κ2) is 7.82. The molecule has 0 bridgehead atoms. The van der Waals surface area contributed by atoms with Crippen LogP contribution in [0, 0.1) is 0 Å². The Balaban J connectivity index is 2.20. The fourth-order valence-electron chi connectivity index (χ4n) is 2.55. The van der Waals surface area contributed by atoms with Crippen molar-refractivity contribution in [1.82, 2.24) is 5.32 Å². The highest BCUT2D eigenvalue weighted by Crippen LogP contribution is 2.31. The molecular formula is C16H21NO6. The van der Waals surface area contributed by atoms with Crippen LogP contribution in [-0.4, -0.2) is 43.9 Å². The Bertz CT molecular complexity index is 568. The summed E-state index contributed by atoms with van der Waals surface area (Å²) >= 11 is 0. The molecule has 1 saturated heterocycles. The van der Waals surface area contributed by atoms with Crippen LogP contribution in [-0.2, 0) is 14.3 Å². The van der Waals surface area contributed by atoms with Gasteiger partial charge in [-0.25, -0.2) is 0 Å². The first-order valence-corrected chi connectivity index (χ1v) is 7.41. The average molecular weight is 323 g/mol. The topological polar surface area (TPSA) is 94.1 Å². The Hall–Kier alpha value is -2.28. The lowest BCUT2D eigenvalue weighted by molar-refractivity contribution is -0.138. The largest absolute Gasteiger partial charge is 0.493 e. The molecule has 7 heteroatoms. The summed E-state index contributed by atoms with van der Waals surface area (Å²) in [6, 6.07) is 4.40. The first-order chi connectivity index (χ1) is 11.0. The molecule has 1 aliphatic rings. The van der Waals surface area contributed by atoms with Gasteiger partial charge in [0, 0.05) is 6.61 Å². The van der Waals surface area contributed by atoms with Crippen LogP contribution in [0.3, 0.4) is 0 Å². The quantitative estimate of drug-likeness (QED) is 0.790.